The molecule has 0 fully saturated rings. The molecule has 0 spiro atoms. The Labute approximate surface area is 145 Å². The quantitative estimate of drug-likeness (QED) is 0.619. The SMILES string of the molecule is CC/C(=N\NC(=O)COc1ccc(Cl)c(C)c1)c1ccc(O)cc1. The third-order valence-corrected chi connectivity index (χ3v) is 3.77. The van der Waals surface area contributed by atoms with Crippen LogP contribution in [0.2, 0.25) is 5.02 Å². The van der Waals surface area contributed by atoms with E-state index >= 15 is 0 Å². The van der Waals surface area contributed by atoms with E-state index in [-0.39, 0.29) is 18.3 Å². The van der Waals surface area contributed by atoms with E-state index in [2.05, 4.69) is 10.5 Å². The number of aryl methyl sites for hydroxylation is 1. The van der Waals surface area contributed by atoms with Crippen molar-refractivity contribution in [1.82, 2.24) is 5.43 Å². The molecule has 0 aliphatic rings. The lowest BCUT2D eigenvalue weighted by atomic mass is 10.1. The number of benzene rings is 2. The summed E-state index contributed by atoms with van der Waals surface area (Å²) in [5, 5.41) is 14.1. The molecule has 6 heteroatoms. The topological polar surface area (TPSA) is 70.9 Å². The molecular formula is C18H19ClN2O3. The second-order valence-corrected chi connectivity index (χ2v) is 5.60. The number of phenolic OH excluding ortho intramolecular Hbond substituents is 1. The number of carbonyl (C=O) groups is 1. The van der Waals surface area contributed by atoms with Crippen LogP contribution in [0.1, 0.15) is 24.5 Å². The van der Waals surface area contributed by atoms with E-state index in [1.165, 1.54) is 0 Å². The van der Waals surface area contributed by atoms with Crippen molar-refractivity contribution in [1.29, 1.82) is 0 Å². The second kappa shape index (κ2) is 8.36. The molecule has 0 heterocycles. The Morgan fingerprint density at radius 3 is 2.58 bits per heavy atom. The Morgan fingerprint density at radius 1 is 1.25 bits per heavy atom. The van der Waals surface area contributed by atoms with Crippen molar-refractivity contribution in [3.05, 3.63) is 58.6 Å². The molecule has 0 atom stereocenters. The van der Waals surface area contributed by atoms with Gasteiger partial charge < -0.3 is 9.84 Å². The third-order valence-electron chi connectivity index (χ3n) is 3.35. The molecular weight excluding hydrogens is 328 g/mol. The van der Waals surface area contributed by atoms with Crippen LogP contribution in [0.25, 0.3) is 0 Å². The first-order chi connectivity index (χ1) is 11.5. The molecule has 2 aromatic carbocycles. The smallest absolute Gasteiger partial charge is 0.277 e. The number of hydrogen-bond donors (Lipinski definition) is 2. The van der Waals surface area contributed by atoms with Crippen LogP contribution in [0.3, 0.4) is 0 Å². The fourth-order valence-electron chi connectivity index (χ4n) is 2.02. The Morgan fingerprint density at radius 2 is 1.96 bits per heavy atom. The minimum atomic E-state index is -0.354. The highest BCUT2D eigenvalue weighted by molar-refractivity contribution is 6.31. The highest BCUT2D eigenvalue weighted by Crippen LogP contribution is 2.20. The molecule has 0 saturated carbocycles. The molecule has 5 nitrogen and oxygen atoms in total. The number of hydrazone groups is 1. The number of nitrogens with one attached hydrogen (secondary N) is 1. The van der Waals surface area contributed by atoms with E-state index in [0.717, 1.165) is 11.1 Å². The van der Waals surface area contributed by atoms with Crippen LogP contribution in [-0.4, -0.2) is 23.3 Å². The number of aromatic hydroxyl groups is 1. The van der Waals surface area contributed by atoms with Crippen molar-refractivity contribution in [3.8, 4) is 11.5 Å². The molecule has 2 aromatic rings. The number of hydrogen-bond acceptors (Lipinski definition) is 4. The summed E-state index contributed by atoms with van der Waals surface area (Å²) >= 11 is 5.94. The van der Waals surface area contributed by atoms with Gasteiger partial charge in [0, 0.05) is 5.02 Å². The first-order valence-electron chi connectivity index (χ1n) is 7.53. The summed E-state index contributed by atoms with van der Waals surface area (Å²) in [5.74, 6) is 0.405. The third kappa shape index (κ3) is 4.99. The van der Waals surface area contributed by atoms with Gasteiger partial charge >= 0.3 is 0 Å². The van der Waals surface area contributed by atoms with Gasteiger partial charge in [0.1, 0.15) is 11.5 Å². The lowest BCUT2D eigenvalue weighted by Gasteiger charge is -2.08. The minimum Gasteiger partial charge on any atom is -0.508 e. The summed E-state index contributed by atoms with van der Waals surface area (Å²) in [6.45, 7) is 3.66. The van der Waals surface area contributed by atoms with Crippen LogP contribution in [0, 0.1) is 6.92 Å². The van der Waals surface area contributed by atoms with Gasteiger partial charge in [0.25, 0.3) is 5.91 Å². The predicted octanol–water partition coefficient (Wildman–Crippen LogP) is 3.66. The standard InChI is InChI=1S/C18H19ClN2O3/c1-3-17(13-4-6-14(22)7-5-13)20-21-18(23)11-24-15-8-9-16(19)12(2)10-15/h4-10,22H,3,11H2,1-2H3,(H,21,23)/b20-17+. The van der Waals surface area contributed by atoms with Crippen molar-refractivity contribution in [3.63, 3.8) is 0 Å². The van der Waals surface area contributed by atoms with Gasteiger partial charge in [-0.05, 0) is 66.9 Å². The summed E-state index contributed by atoms with van der Waals surface area (Å²) in [6, 6.07) is 11.9. The average molecular weight is 347 g/mol. The lowest BCUT2D eigenvalue weighted by Crippen LogP contribution is -2.26. The zero-order valence-electron chi connectivity index (χ0n) is 13.5. The van der Waals surface area contributed by atoms with Gasteiger partial charge in [0.05, 0.1) is 5.71 Å². The van der Waals surface area contributed by atoms with E-state index in [4.69, 9.17) is 16.3 Å². The highest BCUT2D eigenvalue weighted by Gasteiger charge is 2.06. The molecule has 0 unspecified atom stereocenters. The number of ether oxygens (including phenoxy) is 1. The van der Waals surface area contributed by atoms with E-state index in [1.54, 1.807) is 42.5 Å². The fourth-order valence-corrected chi connectivity index (χ4v) is 2.14. The molecule has 0 saturated heterocycles. The molecule has 126 valence electrons. The van der Waals surface area contributed by atoms with Gasteiger partial charge in [0.15, 0.2) is 6.61 Å². The van der Waals surface area contributed by atoms with E-state index in [9.17, 15) is 9.90 Å². The average Bonchev–Trinajstić information content (AvgIpc) is 2.58. The molecule has 0 aliphatic heterocycles. The number of carbonyl (C=O) groups excluding carboxylic acids is 1. The van der Waals surface area contributed by atoms with E-state index in [1.807, 2.05) is 13.8 Å². The van der Waals surface area contributed by atoms with Gasteiger partial charge in [0.2, 0.25) is 0 Å². The van der Waals surface area contributed by atoms with Crippen molar-refractivity contribution < 1.29 is 14.6 Å². The second-order valence-electron chi connectivity index (χ2n) is 5.19. The molecule has 2 rings (SSSR count). The van der Waals surface area contributed by atoms with Crippen LogP contribution in [0.4, 0.5) is 0 Å². The summed E-state index contributed by atoms with van der Waals surface area (Å²) in [6.07, 6.45) is 0.641. The van der Waals surface area contributed by atoms with Crippen molar-refractivity contribution in [2.24, 2.45) is 5.10 Å². The Kier molecular flexibility index (Phi) is 6.21. The van der Waals surface area contributed by atoms with Crippen LogP contribution < -0.4 is 10.2 Å². The molecule has 0 radical (unpaired) electrons. The Hall–Kier alpha value is -2.53. The zero-order chi connectivity index (χ0) is 17.5. The summed E-state index contributed by atoms with van der Waals surface area (Å²) in [7, 11) is 0. The monoisotopic (exact) mass is 346 g/mol. The van der Waals surface area contributed by atoms with Crippen LogP contribution in [0.15, 0.2) is 47.6 Å². The highest BCUT2D eigenvalue weighted by atomic mass is 35.5. The maximum atomic E-state index is 11.9. The van der Waals surface area contributed by atoms with E-state index < -0.39 is 0 Å². The predicted molar refractivity (Wildman–Crippen MR) is 94.8 cm³/mol. The number of halogens is 1. The number of rotatable bonds is 6. The normalized spacial score (nSPS) is 11.2. The maximum absolute atomic E-state index is 11.9. The Bertz CT molecular complexity index is 742. The number of phenols is 1. The van der Waals surface area contributed by atoms with Crippen LogP contribution in [-0.2, 0) is 4.79 Å². The molecule has 0 bridgehead atoms. The molecule has 0 aliphatic carbocycles. The van der Waals surface area contributed by atoms with Gasteiger partial charge in [-0.25, -0.2) is 5.43 Å². The summed E-state index contributed by atoms with van der Waals surface area (Å²) in [5.41, 5.74) is 4.91. The maximum Gasteiger partial charge on any atom is 0.277 e. The lowest BCUT2D eigenvalue weighted by molar-refractivity contribution is -0.123. The van der Waals surface area contributed by atoms with Crippen LogP contribution >= 0.6 is 11.6 Å². The minimum absolute atomic E-state index is 0.142. The zero-order valence-corrected chi connectivity index (χ0v) is 14.3. The first kappa shape index (κ1) is 17.8. The van der Waals surface area contributed by atoms with Crippen molar-refractivity contribution in [2.45, 2.75) is 20.3 Å². The Balaban J connectivity index is 1.93. The van der Waals surface area contributed by atoms with Gasteiger partial charge in [-0.3, -0.25) is 4.79 Å². The molecule has 2 N–H and O–H groups in total. The largest absolute Gasteiger partial charge is 0.508 e. The summed E-state index contributed by atoms with van der Waals surface area (Å²) in [4.78, 5) is 11.9. The van der Waals surface area contributed by atoms with Crippen LogP contribution in [0.5, 0.6) is 11.5 Å². The number of amides is 1. The number of nitrogens with zero attached hydrogens (tertiary/aromatic N) is 1. The van der Waals surface area contributed by atoms with Crippen molar-refractivity contribution in [2.75, 3.05) is 6.61 Å². The fraction of sp³-hybridized carbons (Fsp3) is 0.222. The summed E-state index contributed by atoms with van der Waals surface area (Å²) < 4.78 is 5.42. The molecule has 1 amide bonds. The van der Waals surface area contributed by atoms with E-state index in [0.29, 0.717) is 22.9 Å². The van der Waals surface area contributed by atoms with Gasteiger partial charge in [-0.2, -0.15) is 5.10 Å². The first-order valence-corrected chi connectivity index (χ1v) is 7.91. The molecule has 0 aromatic heterocycles. The van der Waals surface area contributed by atoms with Gasteiger partial charge in [-0.1, -0.05) is 18.5 Å². The molecule has 24 heavy (non-hydrogen) atoms. The van der Waals surface area contributed by atoms with Gasteiger partial charge in [-0.15, -0.1) is 0 Å². The van der Waals surface area contributed by atoms with Crippen molar-refractivity contribution >= 4 is 23.2 Å².